The molecule has 0 bridgehead atoms. The summed E-state index contributed by atoms with van der Waals surface area (Å²) >= 11 is 0. The molecule has 1 aliphatic carbocycles. The largest absolute Gasteiger partial charge is 0.497 e. The Morgan fingerprint density at radius 3 is 1.79 bits per heavy atom. The quantitative estimate of drug-likeness (QED) is 0.324. The Kier molecular flexibility index (Phi) is 6.24. The van der Waals surface area contributed by atoms with Crippen LogP contribution in [0.2, 0.25) is 0 Å². The molecule has 0 radical (unpaired) electrons. The van der Waals surface area contributed by atoms with Crippen molar-refractivity contribution in [3.8, 4) is 34.0 Å². The third-order valence-corrected chi connectivity index (χ3v) is 7.16. The molecule has 11 nitrogen and oxygen atoms in total. The molecule has 2 atom stereocenters. The molecule has 6 rings (SSSR count). The van der Waals surface area contributed by atoms with Crippen LogP contribution in [0.15, 0.2) is 60.9 Å². The lowest BCUT2D eigenvalue weighted by Gasteiger charge is -2.30. The highest BCUT2D eigenvalue weighted by atomic mass is 16.5. The number of nitrogens with one attached hydrogen (secondary N) is 1. The van der Waals surface area contributed by atoms with Crippen molar-refractivity contribution < 1.29 is 9.47 Å². The number of imidazole rings is 1. The predicted octanol–water partition coefficient (Wildman–Crippen LogP) is 3.26. The number of hydrogen-bond donors (Lipinski definition) is 2. The van der Waals surface area contributed by atoms with Crippen molar-refractivity contribution in [2.24, 2.45) is 11.8 Å². The van der Waals surface area contributed by atoms with E-state index < -0.39 is 0 Å². The average Bonchev–Trinajstić information content (AvgIpc) is 3.69. The molecule has 0 spiro atoms. The smallest absolute Gasteiger partial charge is 0.197 e. The second-order valence-corrected chi connectivity index (χ2v) is 9.58. The van der Waals surface area contributed by atoms with E-state index >= 15 is 0 Å². The number of methoxy groups -OCH3 is 2. The van der Waals surface area contributed by atoms with Gasteiger partial charge in [-0.1, -0.05) is 10.4 Å². The number of ether oxygens (including phenoxy) is 2. The number of nitrogen functional groups attached to an aromatic ring is 1. The predicted molar refractivity (Wildman–Crippen MR) is 141 cm³/mol. The van der Waals surface area contributed by atoms with Crippen LogP contribution in [0, 0.1) is 11.8 Å². The molecule has 0 aliphatic heterocycles. The number of H-pyrrole nitrogens is 1. The third-order valence-electron chi connectivity index (χ3n) is 7.16. The van der Waals surface area contributed by atoms with E-state index in [1.807, 2.05) is 70.3 Å². The van der Waals surface area contributed by atoms with Gasteiger partial charge in [0.05, 0.1) is 32.3 Å². The number of aromatic nitrogens is 8. The number of rotatable bonds is 8. The lowest BCUT2D eigenvalue weighted by molar-refractivity contribution is 0.224. The van der Waals surface area contributed by atoms with Crippen molar-refractivity contribution in [3.63, 3.8) is 0 Å². The van der Waals surface area contributed by atoms with Gasteiger partial charge in [-0.05, 0) is 73.2 Å². The van der Waals surface area contributed by atoms with Gasteiger partial charge in [0.1, 0.15) is 22.9 Å². The zero-order valence-corrected chi connectivity index (χ0v) is 21.3. The van der Waals surface area contributed by atoms with E-state index in [-0.39, 0.29) is 11.8 Å². The Balaban J connectivity index is 1.21. The number of nitrogens with zero attached hydrogens (tertiary/aromatic N) is 7. The monoisotopic (exact) mass is 511 g/mol. The van der Waals surface area contributed by atoms with E-state index in [9.17, 15) is 0 Å². The van der Waals surface area contributed by atoms with Gasteiger partial charge < -0.3 is 20.2 Å². The summed E-state index contributed by atoms with van der Waals surface area (Å²) in [6.45, 7) is 1.42. The molecule has 0 unspecified atom stereocenters. The van der Waals surface area contributed by atoms with Crippen molar-refractivity contribution in [1.82, 2.24) is 40.0 Å². The summed E-state index contributed by atoms with van der Waals surface area (Å²) in [6, 6.07) is 15.6. The number of nitrogens with two attached hydrogens (primary N) is 1. The maximum Gasteiger partial charge on any atom is 0.197 e. The molecule has 3 N–H and O–H groups in total. The molecular formula is C27H29N9O2. The number of anilines is 1. The summed E-state index contributed by atoms with van der Waals surface area (Å²) in [4.78, 5) is 7.77. The van der Waals surface area contributed by atoms with Crippen molar-refractivity contribution >= 4 is 5.95 Å². The molecule has 3 aromatic heterocycles. The minimum absolute atomic E-state index is 0.268. The normalized spacial score (nSPS) is 16.8. The first kappa shape index (κ1) is 23.7. The highest BCUT2D eigenvalue weighted by Crippen LogP contribution is 2.32. The van der Waals surface area contributed by atoms with Crippen LogP contribution in [0.4, 0.5) is 5.95 Å². The second kappa shape index (κ2) is 10.0. The van der Waals surface area contributed by atoms with Crippen LogP contribution in [0.5, 0.6) is 11.5 Å². The molecule has 38 heavy (non-hydrogen) atoms. The van der Waals surface area contributed by atoms with Crippen molar-refractivity contribution in [2.75, 3.05) is 20.0 Å². The van der Waals surface area contributed by atoms with E-state index in [0.717, 1.165) is 58.2 Å². The summed E-state index contributed by atoms with van der Waals surface area (Å²) in [5.41, 5.74) is 11.7. The van der Waals surface area contributed by atoms with E-state index in [1.165, 1.54) is 0 Å². The van der Waals surface area contributed by atoms with Gasteiger partial charge in [0.2, 0.25) is 0 Å². The molecule has 0 saturated heterocycles. The summed E-state index contributed by atoms with van der Waals surface area (Å²) in [7, 11) is 3.31. The van der Waals surface area contributed by atoms with E-state index in [4.69, 9.17) is 15.2 Å². The molecule has 11 heteroatoms. The van der Waals surface area contributed by atoms with Crippen LogP contribution in [0.25, 0.3) is 22.5 Å². The van der Waals surface area contributed by atoms with Gasteiger partial charge in [0, 0.05) is 29.9 Å². The Morgan fingerprint density at radius 1 is 0.789 bits per heavy atom. The molecule has 194 valence electrons. The number of benzene rings is 2. The van der Waals surface area contributed by atoms with Crippen molar-refractivity contribution in [2.45, 2.75) is 25.9 Å². The first-order valence-electron chi connectivity index (χ1n) is 12.5. The first-order valence-corrected chi connectivity index (χ1v) is 12.5. The molecule has 0 fully saturated rings. The van der Waals surface area contributed by atoms with Gasteiger partial charge in [-0.2, -0.15) is 0 Å². The van der Waals surface area contributed by atoms with E-state index in [1.54, 1.807) is 14.2 Å². The van der Waals surface area contributed by atoms with Gasteiger partial charge in [-0.15, -0.1) is 10.2 Å². The molecule has 1 aliphatic rings. The summed E-state index contributed by atoms with van der Waals surface area (Å²) in [5.74, 6) is 2.62. The van der Waals surface area contributed by atoms with E-state index in [2.05, 4.69) is 30.6 Å². The van der Waals surface area contributed by atoms with Crippen LogP contribution in [0.1, 0.15) is 11.4 Å². The Morgan fingerprint density at radius 2 is 1.29 bits per heavy atom. The van der Waals surface area contributed by atoms with Gasteiger partial charge in [-0.3, -0.25) is 9.36 Å². The van der Waals surface area contributed by atoms with Crippen LogP contribution in [0.3, 0.4) is 0 Å². The molecular weight excluding hydrogens is 482 g/mol. The zero-order chi connectivity index (χ0) is 26.1. The highest BCUT2D eigenvalue weighted by Gasteiger charge is 2.32. The van der Waals surface area contributed by atoms with Crippen LogP contribution in [-0.4, -0.2) is 54.2 Å². The SMILES string of the molecule is COc1ccc(-c2cn(C[C@@H]3Cc4nc(N)[nH]c4C[C@H]3Cn3cc(-c4ccc(OC)cc4)nn3)nn2)cc1. The Labute approximate surface area is 219 Å². The second-order valence-electron chi connectivity index (χ2n) is 9.58. The fourth-order valence-electron chi connectivity index (χ4n) is 5.12. The average molecular weight is 512 g/mol. The lowest BCUT2D eigenvalue weighted by atomic mass is 9.79. The van der Waals surface area contributed by atoms with Crippen molar-refractivity contribution in [3.05, 3.63) is 72.3 Å². The maximum atomic E-state index is 5.99. The van der Waals surface area contributed by atoms with Crippen molar-refractivity contribution in [1.29, 1.82) is 0 Å². The molecule has 3 heterocycles. The van der Waals surface area contributed by atoms with Gasteiger partial charge in [0.15, 0.2) is 5.95 Å². The molecule has 0 saturated carbocycles. The summed E-state index contributed by atoms with van der Waals surface area (Å²) in [6.07, 6.45) is 5.60. The van der Waals surface area contributed by atoms with Gasteiger partial charge in [0.25, 0.3) is 0 Å². The van der Waals surface area contributed by atoms with Crippen LogP contribution < -0.4 is 15.2 Å². The Bertz CT molecular complexity index is 1410. The maximum absolute atomic E-state index is 5.99. The van der Waals surface area contributed by atoms with Gasteiger partial charge >= 0.3 is 0 Å². The minimum atomic E-state index is 0.268. The number of aromatic amines is 1. The first-order chi connectivity index (χ1) is 18.6. The minimum Gasteiger partial charge on any atom is -0.497 e. The zero-order valence-electron chi connectivity index (χ0n) is 21.3. The molecule has 2 aromatic carbocycles. The number of fused-ring (bicyclic) bond motifs is 1. The number of hydrogen-bond acceptors (Lipinski definition) is 8. The topological polar surface area (TPSA) is 135 Å². The summed E-state index contributed by atoms with van der Waals surface area (Å²) in [5, 5.41) is 17.7. The fraction of sp³-hybridized carbons (Fsp3) is 0.296. The third kappa shape index (κ3) is 4.82. The van der Waals surface area contributed by atoms with E-state index in [0.29, 0.717) is 19.0 Å². The lowest BCUT2D eigenvalue weighted by Crippen LogP contribution is -2.32. The standard InChI is InChI=1S/C27H29N9O2/c1-37-21-7-3-17(4-8-21)25-15-35(33-31-25)13-19-11-23-24(30-27(28)29-23)12-20(19)14-36-16-26(32-34-36)18-5-9-22(38-2)10-6-18/h3-10,15-16,19-20H,11-14H2,1-2H3,(H3,28,29,30)/t19-,20-/m0/s1. The molecule has 0 amide bonds. The molecule has 5 aromatic rings. The van der Waals surface area contributed by atoms with Crippen LogP contribution >= 0.6 is 0 Å². The van der Waals surface area contributed by atoms with Crippen LogP contribution in [-0.2, 0) is 25.9 Å². The fourth-order valence-corrected chi connectivity index (χ4v) is 5.12. The Hall–Kier alpha value is -4.67. The van der Waals surface area contributed by atoms with Gasteiger partial charge in [-0.25, -0.2) is 4.98 Å². The highest BCUT2D eigenvalue weighted by molar-refractivity contribution is 5.59. The summed E-state index contributed by atoms with van der Waals surface area (Å²) < 4.78 is 14.4.